The molecule has 0 aliphatic heterocycles. The molecule has 0 atom stereocenters. The summed E-state index contributed by atoms with van der Waals surface area (Å²) in [5, 5.41) is 6.60. The van der Waals surface area contributed by atoms with Gasteiger partial charge in [0.1, 0.15) is 5.82 Å². The third kappa shape index (κ3) is 4.21. The van der Waals surface area contributed by atoms with E-state index in [1.54, 1.807) is 6.07 Å². The minimum Gasteiger partial charge on any atom is -0.367 e. The third-order valence-corrected chi connectivity index (χ3v) is 4.59. The highest BCUT2D eigenvalue weighted by atomic mass is 35.5. The average Bonchev–Trinajstić information content (AvgIpc) is 2.72. The van der Waals surface area contributed by atoms with Gasteiger partial charge in [0, 0.05) is 12.2 Å². The lowest BCUT2D eigenvalue weighted by Crippen LogP contribution is -2.10. The summed E-state index contributed by atoms with van der Waals surface area (Å²) in [6, 6.07) is 22.4. The first-order valence-corrected chi connectivity index (χ1v) is 9.33. The van der Waals surface area contributed by atoms with Crippen LogP contribution in [-0.4, -0.2) is 16.5 Å². The molecule has 0 radical (unpaired) electrons. The highest BCUT2D eigenvalue weighted by molar-refractivity contribution is 6.31. The largest absolute Gasteiger partial charge is 0.367 e. The van der Waals surface area contributed by atoms with Crippen molar-refractivity contribution >= 4 is 40.0 Å². The molecule has 0 aliphatic carbocycles. The number of halogens is 2. The SMILES string of the molecule is Fc1ccc(Nc2nc3ccccc3nc2NCCc2ccccc2)cc1Cl. The number of hydrogen-bond donors (Lipinski definition) is 2. The van der Waals surface area contributed by atoms with Gasteiger partial charge in [0.15, 0.2) is 11.6 Å². The van der Waals surface area contributed by atoms with Gasteiger partial charge in [-0.1, -0.05) is 54.1 Å². The van der Waals surface area contributed by atoms with E-state index in [-0.39, 0.29) is 5.02 Å². The van der Waals surface area contributed by atoms with Crippen LogP contribution < -0.4 is 10.6 Å². The quantitative estimate of drug-likeness (QED) is 0.434. The maximum absolute atomic E-state index is 13.5. The summed E-state index contributed by atoms with van der Waals surface area (Å²) in [6.45, 7) is 0.704. The van der Waals surface area contributed by atoms with Gasteiger partial charge in [0.2, 0.25) is 0 Å². The van der Waals surface area contributed by atoms with E-state index >= 15 is 0 Å². The fourth-order valence-corrected chi connectivity index (χ4v) is 3.07. The molecule has 0 unspecified atom stereocenters. The van der Waals surface area contributed by atoms with Gasteiger partial charge in [-0.3, -0.25) is 0 Å². The van der Waals surface area contributed by atoms with Crippen molar-refractivity contribution in [3.8, 4) is 0 Å². The molecule has 0 spiro atoms. The Hall–Kier alpha value is -3.18. The van der Waals surface area contributed by atoms with Gasteiger partial charge in [-0.25, -0.2) is 14.4 Å². The fraction of sp³-hybridized carbons (Fsp3) is 0.0909. The Labute approximate surface area is 167 Å². The molecule has 1 heterocycles. The van der Waals surface area contributed by atoms with E-state index in [1.165, 1.54) is 17.7 Å². The average molecular weight is 393 g/mol. The summed E-state index contributed by atoms with van der Waals surface area (Å²) in [4.78, 5) is 9.37. The fourth-order valence-electron chi connectivity index (χ4n) is 2.89. The minimum atomic E-state index is -0.460. The van der Waals surface area contributed by atoms with Crippen molar-refractivity contribution in [1.29, 1.82) is 0 Å². The zero-order chi connectivity index (χ0) is 19.3. The Morgan fingerprint density at radius 2 is 1.50 bits per heavy atom. The van der Waals surface area contributed by atoms with Crippen LogP contribution in [0.5, 0.6) is 0 Å². The summed E-state index contributed by atoms with van der Waals surface area (Å²) in [6.07, 6.45) is 0.858. The highest BCUT2D eigenvalue weighted by Gasteiger charge is 2.10. The first-order valence-electron chi connectivity index (χ1n) is 8.96. The summed E-state index contributed by atoms with van der Waals surface area (Å²) < 4.78 is 13.5. The van der Waals surface area contributed by atoms with Crippen molar-refractivity contribution in [2.24, 2.45) is 0 Å². The zero-order valence-corrected chi connectivity index (χ0v) is 15.7. The van der Waals surface area contributed by atoms with Crippen LogP contribution in [0.3, 0.4) is 0 Å². The molecule has 0 aliphatic rings. The Morgan fingerprint density at radius 3 is 2.21 bits per heavy atom. The predicted molar refractivity (Wildman–Crippen MR) is 113 cm³/mol. The van der Waals surface area contributed by atoms with Crippen LogP contribution in [-0.2, 0) is 6.42 Å². The van der Waals surface area contributed by atoms with Crippen LogP contribution in [0.15, 0.2) is 72.8 Å². The van der Waals surface area contributed by atoms with Gasteiger partial charge < -0.3 is 10.6 Å². The second-order valence-corrected chi connectivity index (χ2v) is 6.73. The van der Waals surface area contributed by atoms with Crippen molar-refractivity contribution in [3.63, 3.8) is 0 Å². The molecule has 2 N–H and O–H groups in total. The van der Waals surface area contributed by atoms with Crippen LogP contribution in [0, 0.1) is 5.82 Å². The van der Waals surface area contributed by atoms with Crippen molar-refractivity contribution in [3.05, 3.63) is 89.2 Å². The molecule has 0 bridgehead atoms. The number of fused-ring (bicyclic) bond motifs is 1. The molecule has 6 heteroatoms. The van der Waals surface area contributed by atoms with Crippen LogP contribution in [0.1, 0.15) is 5.56 Å². The number of para-hydroxylation sites is 2. The van der Waals surface area contributed by atoms with E-state index < -0.39 is 5.82 Å². The monoisotopic (exact) mass is 392 g/mol. The molecular weight excluding hydrogens is 375 g/mol. The molecule has 3 aromatic carbocycles. The number of hydrogen-bond acceptors (Lipinski definition) is 4. The lowest BCUT2D eigenvalue weighted by molar-refractivity contribution is 0.628. The Kier molecular flexibility index (Phi) is 5.35. The van der Waals surface area contributed by atoms with E-state index in [0.717, 1.165) is 17.5 Å². The van der Waals surface area contributed by atoms with Crippen LogP contribution in [0.25, 0.3) is 11.0 Å². The highest BCUT2D eigenvalue weighted by Crippen LogP contribution is 2.27. The third-order valence-electron chi connectivity index (χ3n) is 4.30. The van der Waals surface area contributed by atoms with Gasteiger partial charge in [-0.05, 0) is 42.3 Å². The van der Waals surface area contributed by atoms with Gasteiger partial charge >= 0.3 is 0 Å². The first-order chi connectivity index (χ1) is 13.7. The standard InChI is InChI=1S/C22H18ClFN4/c23-17-14-16(10-11-18(17)24)26-22-21(25-13-12-15-6-2-1-3-7-15)27-19-8-4-5-9-20(19)28-22/h1-11,14H,12-13H2,(H,25,27)(H,26,28). The van der Waals surface area contributed by atoms with Crippen LogP contribution in [0.2, 0.25) is 5.02 Å². The number of nitrogens with one attached hydrogen (secondary N) is 2. The number of nitrogens with zero attached hydrogens (tertiary/aromatic N) is 2. The maximum atomic E-state index is 13.5. The Balaban J connectivity index is 1.61. The van der Waals surface area contributed by atoms with E-state index in [9.17, 15) is 4.39 Å². The van der Waals surface area contributed by atoms with E-state index in [4.69, 9.17) is 16.6 Å². The van der Waals surface area contributed by atoms with Crippen molar-refractivity contribution in [2.45, 2.75) is 6.42 Å². The molecule has 4 rings (SSSR count). The molecule has 0 saturated carbocycles. The topological polar surface area (TPSA) is 49.8 Å². The van der Waals surface area contributed by atoms with E-state index in [0.29, 0.717) is 23.9 Å². The number of aromatic nitrogens is 2. The normalized spacial score (nSPS) is 10.8. The second-order valence-electron chi connectivity index (χ2n) is 6.33. The molecule has 28 heavy (non-hydrogen) atoms. The number of benzene rings is 3. The van der Waals surface area contributed by atoms with Gasteiger partial charge in [0.25, 0.3) is 0 Å². The smallest absolute Gasteiger partial charge is 0.174 e. The summed E-state index contributed by atoms with van der Waals surface area (Å²) in [5.74, 6) is 0.738. The van der Waals surface area contributed by atoms with Crippen molar-refractivity contribution in [1.82, 2.24) is 9.97 Å². The molecule has 0 fully saturated rings. The summed E-state index contributed by atoms with van der Waals surface area (Å²) >= 11 is 5.90. The lowest BCUT2D eigenvalue weighted by Gasteiger charge is -2.14. The van der Waals surface area contributed by atoms with Crippen LogP contribution >= 0.6 is 11.6 Å². The van der Waals surface area contributed by atoms with Gasteiger partial charge in [0.05, 0.1) is 16.1 Å². The molecule has 0 amide bonds. The molecule has 1 aromatic heterocycles. The molecule has 4 nitrogen and oxygen atoms in total. The second kappa shape index (κ2) is 8.23. The van der Waals surface area contributed by atoms with Crippen molar-refractivity contribution < 1.29 is 4.39 Å². The lowest BCUT2D eigenvalue weighted by atomic mass is 10.1. The Morgan fingerprint density at radius 1 is 0.821 bits per heavy atom. The molecule has 0 saturated heterocycles. The predicted octanol–water partition coefficient (Wildman–Crippen LogP) is 5.82. The summed E-state index contributed by atoms with van der Waals surface area (Å²) in [7, 11) is 0. The zero-order valence-electron chi connectivity index (χ0n) is 15.0. The minimum absolute atomic E-state index is 0.0531. The van der Waals surface area contributed by atoms with Crippen molar-refractivity contribution in [2.75, 3.05) is 17.2 Å². The molecule has 140 valence electrons. The van der Waals surface area contributed by atoms with E-state index in [1.807, 2.05) is 42.5 Å². The molecular formula is C22H18ClFN4. The maximum Gasteiger partial charge on any atom is 0.174 e. The van der Waals surface area contributed by atoms with Gasteiger partial charge in [-0.15, -0.1) is 0 Å². The first kappa shape index (κ1) is 18.2. The number of anilines is 3. The Bertz CT molecular complexity index is 1100. The van der Waals surface area contributed by atoms with Gasteiger partial charge in [-0.2, -0.15) is 0 Å². The number of rotatable bonds is 6. The van der Waals surface area contributed by atoms with Crippen LogP contribution in [0.4, 0.5) is 21.7 Å². The summed E-state index contributed by atoms with van der Waals surface area (Å²) in [5.41, 5.74) is 3.45. The van der Waals surface area contributed by atoms with E-state index in [2.05, 4.69) is 27.8 Å². The molecule has 4 aromatic rings.